The molecule has 1 amide bonds. The van der Waals surface area contributed by atoms with E-state index in [0.717, 1.165) is 5.56 Å². The van der Waals surface area contributed by atoms with Gasteiger partial charge in [0.25, 0.3) is 0 Å². The maximum atomic E-state index is 12.3. The molecule has 0 aliphatic carbocycles. The Bertz CT molecular complexity index is 1020. The third kappa shape index (κ3) is 5.33. The van der Waals surface area contributed by atoms with Crippen LogP contribution in [0.15, 0.2) is 41.6 Å². The highest BCUT2D eigenvalue weighted by Crippen LogP contribution is 2.27. The van der Waals surface area contributed by atoms with Crippen LogP contribution in [0.4, 0.5) is 5.69 Å². The van der Waals surface area contributed by atoms with E-state index in [0.29, 0.717) is 42.5 Å². The van der Waals surface area contributed by atoms with Crippen LogP contribution in [0, 0.1) is 0 Å². The number of hydrogen-bond donors (Lipinski definition) is 1. The largest absolute Gasteiger partial charge is 0.326 e. The number of anilines is 1. The number of amides is 1. The molecule has 0 atom stereocenters. The lowest BCUT2D eigenvalue weighted by atomic mass is 10.2. The average molecular weight is 476 g/mol. The van der Waals surface area contributed by atoms with Crippen LogP contribution >= 0.6 is 58.2 Å². The summed E-state index contributed by atoms with van der Waals surface area (Å²) in [5.41, 5.74) is 1.58. The minimum absolute atomic E-state index is 0.0804. The second-order valence-electron chi connectivity index (χ2n) is 5.85. The van der Waals surface area contributed by atoms with Crippen LogP contribution in [0.5, 0.6) is 0 Å². The van der Waals surface area contributed by atoms with E-state index < -0.39 is 0 Å². The maximum Gasteiger partial charge on any atom is 0.232 e. The molecule has 1 N–H and O–H groups in total. The number of rotatable bonds is 6. The van der Waals surface area contributed by atoms with Crippen LogP contribution in [-0.4, -0.2) is 20.7 Å². The fourth-order valence-corrected chi connectivity index (χ4v) is 3.82. The van der Waals surface area contributed by atoms with Crippen molar-refractivity contribution in [3.8, 4) is 0 Å². The number of carbonyl (C=O) groups is 1. The molecule has 0 aliphatic rings. The van der Waals surface area contributed by atoms with Crippen LogP contribution in [0.1, 0.15) is 11.4 Å². The van der Waals surface area contributed by atoms with Crippen LogP contribution in [0.25, 0.3) is 0 Å². The molecule has 3 rings (SSSR count). The van der Waals surface area contributed by atoms with Gasteiger partial charge in [-0.05, 0) is 35.9 Å². The lowest BCUT2D eigenvalue weighted by Gasteiger charge is -2.07. The van der Waals surface area contributed by atoms with E-state index in [-0.39, 0.29) is 12.3 Å². The highest BCUT2D eigenvalue weighted by Gasteiger charge is 2.14. The molecule has 3 aromatic rings. The summed E-state index contributed by atoms with van der Waals surface area (Å²) in [6, 6.07) is 10.4. The Kier molecular flexibility index (Phi) is 7.12. The van der Waals surface area contributed by atoms with Crippen molar-refractivity contribution in [3.05, 3.63) is 67.9 Å². The highest BCUT2D eigenvalue weighted by molar-refractivity contribution is 7.98. The Hall–Kier alpha value is -1.44. The first-order valence-corrected chi connectivity index (χ1v) is 10.5. The fraction of sp³-hybridized carbons (Fsp3) is 0.167. The van der Waals surface area contributed by atoms with Gasteiger partial charge in [-0.3, -0.25) is 4.79 Å². The summed E-state index contributed by atoms with van der Waals surface area (Å²) >= 11 is 25.3. The second-order valence-corrected chi connectivity index (χ2v) is 8.42. The molecule has 0 radical (unpaired) electrons. The molecule has 1 heterocycles. The van der Waals surface area contributed by atoms with Gasteiger partial charge >= 0.3 is 0 Å². The van der Waals surface area contributed by atoms with Gasteiger partial charge in [0, 0.05) is 18.5 Å². The van der Waals surface area contributed by atoms with Crippen molar-refractivity contribution in [1.82, 2.24) is 14.8 Å². The van der Waals surface area contributed by atoms with Crippen molar-refractivity contribution in [2.75, 3.05) is 5.32 Å². The second kappa shape index (κ2) is 9.37. The molecule has 10 heteroatoms. The van der Waals surface area contributed by atoms with E-state index in [1.54, 1.807) is 28.8 Å². The molecule has 0 aliphatic heterocycles. The Morgan fingerprint density at radius 2 is 1.68 bits per heavy atom. The van der Waals surface area contributed by atoms with Crippen LogP contribution in [0.2, 0.25) is 20.1 Å². The van der Waals surface area contributed by atoms with Crippen molar-refractivity contribution >= 4 is 69.8 Å². The predicted octanol–water partition coefficient (Wildman–Crippen LogP) is 5.90. The number of nitrogens with zero attached hydrogens (tertiary/aromatic N) is 3. The summed E-state index contributed by atoms with van der Waals surface area (Å²) in [6.45, 7) is 0. The molecule has 146 valence electrons. The van der Waals surface area contributed by atoms with Gasteiger partial charge in [-0.2, -0.15) is 0 Å². The Balaban J connectivity index is 1.61. The summed E-state index contributed by atoms with van der Waals surface area (Å²) in [4.78, 5) is 12.3. The zero-order chi connectivity index (χ0) is 20.3. The first kappa shape index (κ1) is 21.3. The summed E-state index contributed by atoms with van der Waals surface area (Å²) in [5.74, 6) is 0.974. The third-order valence-electron chi connectivity index (χ3n) is 3.80. The molecular weight excluding hydrogens is 462 g/mol. The van der Waals surface area contributed by atoms with Crippen LogP contribution in [0.3, 0.4) is 0 Å². The standard InChI is InChI=1S/C18H14Cl4N4OS/c1-26-16(8-17(27)23-11-3-5-13(20)15(22)7-11)24-25-18(26)28-9-10-2-4-12(19)14(21)6-10/h2-7H,8-9H2,1H3,(H,23,27). The molecule has 0 unspecified atom stereocenters. The van der Waals surface area contributed by atoms with E-state index in [1.165, 1.54) is 11.8 Å². The molecule has 2 aromatic carbocycles. The first-order chi connectivity index (χ1) is 13.3. The number of hydrogen-bond acceptors (Lipinski definition) is 4. The van der Waals surface area contributed by atoms with Gasteiger partial charge in [0.2, 0.25) is 5.91 Å². The quantitative estimate of drug-likeness (QED) is 0.450. The molecular formula is C18H14Cl4N4OS. The zero-order valence-electron chi connectivity index (χ0n) is 14.5. The summed E-state index contributed by atoms with van der Waals surface area (Å²) in [5, 5.41) is 13.6. The minimum atomic E-state index is -0.227. The first-order valence-electron chi connectivity index (χ1n) is 8.03. The van der Waals surface area contributed by atoms with Crippen LogP contribution in [-0.2, 0) is 24.0 Å². The van der Waals surface area contributed by atoms with Gasteiger partial charge in [0.15, 0.2) is 5.16 Å². The van der Waals surface area contributed by atoms with Gasteiger partial charge in [-0.15, -0.1) is 10.2 Å². The molecule has 0 bridgehead atoms. The van der Waals surface area contributed by atoms with E-state index >= 15 is 0 Å². The molecule has 0 fully saturated rings. The van der Waals surface area contributed by atoms with Crippen molar-refractivity contribution in [3.63, 3.8) is 0 Å². The molecule has 0 saturated heterocycles. The van der Waals surface area contributed by atoms with Gasteiger partial charge in [-0.1, -0.05) is 64.2 Å². The minimum Gasteiger partial charge on any atom is -0.326 e. The third-order valence-corrected chi connectivity index (χ3v) is 6.37. The Labute approximate surface area is 186 Å². The Morgan fingerprint density at radius 3 is 2.36 bits per heavy atom. The molecule has 5 nitrogen and oxygen atoms in total. The smallest absolute Gasteiger partial charge is 0.232 e. The molecule has 0 spiro atoms. The number of aromatic nitrogens is 3. The van der Waals surface area contributed by atoms with E-state index in [2.05, 4.69) is 15.5 Å². The maximum absolute atomic E-state index is 12.3. The van der Waals surface area contributed by atoms with Crippen LogP contribution < -0.4 is 5.32 Å². The lowest BCUT2D eigenvalue weighted by Crippen LogP contribution is -2.17. The number of carbonyl (C=O) groups excluding carboxylic acids is 1. The molecule has 0 saturated carbocycles. The topological polar surface area (TPSA) is 59.8 Å². The van der Waals surface area contributed by atoms with E-state index in [1.807, 2.05) is 19.2 Å². The summed E-state index contributed by atoms with van der Waals surface area (Å²) < 4.78 is 1.79. The normalized spacial score (nSPS) is 10.9. The lowest BCUT2D eigenvalue weighted by molar-refractivity contribution is -0.115. The van der Waals surface area contributed by atoms with Gasteiger partial charge in [-0.25, -0.2) is 0 Å². The zero-order valence-corrected chi connectivity index (χ0v) is 18.4. The molecule has 28 heavy (non-hydrogen) atoms. The Morgan fingerprint density at radius 1 is 1.00 bits per heavy atom. The molecule has 1 aromatic heterocycles. The van der Waals surface area contributed by atoms with Crippen molar-refractivity contribution in [1.29, 1.82) is 0 Å². The van der Waals surface area contributed by atoms with Gasteiger partial charge in [0.1, 0.15) is 5.82 Å². The van der Waals surface area contributed by atoms with Gasteiger partial charge < -0.3 is 9.88 Å². The summed E-state index contributed by atoms with van der Waals surface area (Å²) in [6.07, 6.45) is 0.0804. The monoisotopic (exact) mass is 474 g/mol. The van der Waals surface area contributed by atoms with Gasteiger partial charge in [0.05, 0.1) is 26.5 Å². The van der Waals surface area contributed by atoms with Crippen molar-refractivity contribution in [2.24, 2.45) is 7.05 Å². The van der Waals surface area contributed by atoms with E-state index in [4.69, 9.17) is 46.4 Å². The number of benzene rings is 2. The van der Waals surface area contributed by atoms with E-state index in [9.17, 15) is 4.79 Å². The summed E-state index contributed by atoms with van der Waals surface area (Å²) in [7, 11) is 1.82. The number of halogens is 4. The van der Waals surface area contributed by atoms with Crippen molar-refractivity contribution < 1.29 is 4.79 Å². The predicted molar refractivity (Wildman–Crippen MR) is 116 cm³/mol. The number of thioether (sulfide) groups is 1. The fourth-order valence-electron chi connectivity index (χ4n) is 2.32. The number of nitrogens with one attached hydrogen (secondary N) is 1. The highest BCUT2D eigenvalue weighted by atomic mass is 35.5. The SMILES string of the molecule is Cn1c(CC(=O)Nc2ccc(Cl)c(Cl)c2)nnc1SCc1ccc(Cl)c(Cl)c1. The van der Waals surface area contributed by atoms with Crippen molar-refractivity contribution in [2.45, 2.75) is 17.3 Å². The average Bonchev–Trinajstić information content (AvgIpc) is 2.99.